The number of nitrogens with one attached hydrogen (secondary N) is 1. The average molecular weight is 394 g/mol. The molecular weight excluding hydrogens is 374 g/mol. The predicted octanol–water partition coefficient (Wildman–Crippen LogP) is 4.50. The maximum absolute atomic E-state index is 6.45. The van der Waals surface area contributed by atoms with Crippen molar-refractivity contribution in [1.82, 2.24) is 19.6 Å². The molecular formula is C21H20ClN5O. The van der Waals surface area contributed by atoms with Crippen LogP contribution in [0.5, 0.6) is 0 Å². The first-order valence-corrected chi connectivity index (χ1v) is 9.84. The van der Waals surface area contributed by atoms with Gasteiger partial charge < -0.3 is 10.1 Å². The summed E-state index contributed by atoms with van der Waals surface area (Å²) in [6, 6.07) is 13.8. The van der Waals surface area contributed by atoms with Crippen molar-refractivity contribution in [2.45, 2.75) is 25.9 Å². The summed E-state index contributed by atoms with van der Waals surface area (Å²) in [7, 11) is 0. The SMILES string of the molecule is Cc1ccc2nc(NCC3CCCO3)n3c(-c4ccccc4Cl)nnc3c2c1. The summed E-state index contributed by atoms with van der Waals surface area (Å²) in [5.41, 5.74) is 3.62. The Morgan fingerprint density at radius 2 is 2.11 bits per heavy atom. The molecule has 0 radical (unpaired) electrons. The van der Waals surface area contributed by atoms with E-state index in [1.807, 2.05) is 34.7 Å². The second-order valence-corrected chi connectivity index (χ2v) is 7.54. The fraction of sp³-hybridized carbons (Fsp3) is 0.286. The van der Waals surface area contributed by atoms with Gasteiger partial charge in [0.2, 0.25) is 5.95 Å². The van der Waals surface area contributed by atoms with Gasteiger partial charge in [-0.05, 0) is 44.0 Å². The van der Waals surface area contributed by atoms with Crippen LogP contribution in [0.25, 0.3) is 27.9 Å². The maximum atomic E-state index is 6.45. The molecule has 2 aromatic heterocycles. The van der Waals surface area contributed by atoms with Crippen molar-refractivity contribution >= 4 is 34.1 Å². The molecule has 0 spiro atoms. The number of ether oxygens (including phenoxy) is 1. The van der Waals surface area contributed by atoms with Crippen molar-refractivity contribution in [3.8, 4) is 11.4 Å². The third kappa shape index (κ3) is 2.99. The van der Waals surface area contributed by atoms with Crippen LogP contribution in [0.2, 0.25) is 5.02 Å². The van der Waals surface area contributed by atoms with Crippen LogP contribution >= 0.6 is 11.6 Å². The fourth-order valence-electron chi connectivity index (χ4n) is 3.70. The molecule has 1 saturated heterocycles. The fourth-order valence-corrected chi connectivity index (χ4v) is 3.92. The lowest BCUT2D eigenvalue weighted by Crippen LogP contribution is -2.20. The van der Waals surface area contributed by atoms with E-state index in [1.165, 1.54) is 0 Å². The number of hydrogen-bond acceptors (Lipinski definition) is 5. The standard InChI is InChI=1S/C21H20ClN5O/c1-13-8-9-18-16(11-13)20-26-25-19(15-6-2-3-7-17(15)22)27(20)21(24-18)23-12-14-5-4-10-28-14/h2-3,6-9,11,14H,4-5,10,12H2,1H3,(H,23,24). The van der Waals surface area contributed by atoms with Gasteiger partial charge in [-0.2, -0.15) is 0 Å². The van der Waals surface area contributed by atoms with Gasteiger partial charge in [0, 0.05) is 24.1 Å². The number of rotatable bonds is 4. The van der Waals surface area contributed by atoms with Crippen molar-refractivity contribution in [1.29, 1.82) is 0 Å². The Bertz CT molecular complexity index is 1170. The Labute approximate surface area is 167 Å². The third-order valence-corrected chi connectivity index (χ3v) is 5.45. The molecule has 1 aliphatic heterocycles. The molecule has 1 aliphatic rings. The Balaban J connectivity index is 1.71. The smallest absolute Gasteiger partial charge is 0.211 e. The van der Waals surface area contributed by atoms with Crippen LogP contribution in [0.3, 0.4) is 0 Å². The highest BCUT2D eigenvalue weighted by atomic mass is 35.5. The van der Waals surface area contributed by atoms with Gasteiger partial charge in [-0.25, -0.2) is 9.38 Å². The topological polar surface area (TPSA) is 64.3 Å². The molecule has 1 fully saturated rings. The number of aryl methyl sites for hydroxylation is 1. The highest BCUT2D eigenvalue weighted by Gasteiger charge is 2.20. The van der Waals surface area contributed by atoms with Crippen LogP contribution < -0.4 is 5.32 Å². The normalized spacial score (nSPS) is 16.9. The summed E-state index contributed by atoms with van der Waals surface area (Å²) in [6.45, 7) is 3.58. The van der Waals surface area contributed by atoms with Gasteiger partial charge >= 0.3 is 0 Å². The second kappa shape index (κ2) is 7.04. The maximum Gasteiger partial charge on any atom is 0.211 e. The van der Waals surface area contributed by atoms with E-state index in [-0.39, 0.29) is 6.10 Å². The second-order valence-electron chi connectivity index (χ2n) is 7.13. The van der Waals surface area contributed by atoms with E-state index in [0.717, 1.165) is 47.1 Å². The molecule has 0 aliphatic carbocycles. The highest BCUT2D eigenvalue weighted by molar-refractivity contribution is 6.33. The van der Waals surface area contributed by atoms with Crippen molar-refractivity contribution in [3.05, 3.63) is 53.1 Å². The van der Waals surface area contributed by atoms with Gasteiger partial charge in [0.05, 0.1) is 16.6 Å². The van der Waals surface area contributed by atoms with Crippen LogP contribution in [0.4, 0.5) is 5.95 Å². The summed E-state index contributed by atoms with van der Waals surface area (Å²) in [5, 5.41) is 14.0. The number of anilines is 1. The van der Waals surface area contributed by atoms with Gasteiger partial charge in [-0.3, -0.25) is 0 Å². The highest BCUT2D eigenvalue weighted by Crippen LogP contribution is 2.31. The van der Waals surface area contributed by atoms with Crippen molar-refractivity contribution < 1.29 is 4.74 Å². The Morgan fingerprint density at radius 1 is 1.21 bits per heavy atom. The van der Waals surface area contributed by atoms with Crippen LogP contribution in [-0.4, -0.2) is 38.8 Å². The molecule has 3 heterocycles. The lowest BCUT2D eigenvalue weighted by molar-refractivity contribution is 0.120. The van der Waals surface area contributed by atoms with Gasteiger partial charge in [-0.15, -0.1) is 10.2 Å². The van der Waals surface area contributed by atoms with E-state index < -0.39 is 0 Å². The third-order valence-electron chi connectivity index (χ3n) is 5.12. The van der Waals surface area contributed by atoms with E-state index >= 15 is 0 Å². The van der Waals surface area contributed by atoms with Gasteiger partial charge in [0.15, 0.2) is 11.5 Å². The Hall–Kier alpha value is -2.70. The zero-order valence-corrected chi connectivity index (χ0v) is 16.3. The molecule has 1 unspecified atom stereocenters. The first-order valence-electron chi connectivity index (χ1n) is 9.46. The van der Waals surface area contributed by atoms with Gasteiger partial charge in [0.25, 0.3) is 0 Å². The Kier molecular flexibility index (Phi) is 4.37. The molecule has 28 heavy (non-hydrogen) atoms. The van der Waals surface area contributed by atoms with Crippen LogP contribution in [0.15, 0.2) is 42.5 Å². The van der Waals surface area contributed by atoms with E-state index in [9.17, 15) is 0 Å². The number of fused-ring (bicyclic) bond motifs is 3. The van der Waals surface area contributed by atoms with Crippen LogP contribution in [0, 0.1) is 6.92 Å². The molecule has 142 valence electrons. The van der Waals surface area contributed by atoms with Gasteiger partial charge in [-0.1, -0.05) is 35.4 Å². The molecule has 1 atom stereocenters. The van der Waals surface area contributed by atoms with Crippen molar-refractivity contribution in [3.63, 3.8) is 0 Å². The van der Waals surface area contributed by atoms with Crippen molar-refractivity contribution in [2.24, 2.45) is 0 Å². The number of nitrogens with zero attached hydrogens (tertiary/aromatic N) is 4. The van der Waals surface area contributed by atoms with Crippen LogP contribution in [0.1, 0.15) is 18.4 Å². The first kappa shape index (κ1) is 17.4. The minimum absolute atomic E-state index is 0.200. The molecule has 5 rings (SSSR count). The zero-order chi connectivity index (χ0) is 19.1. The molecule has 4 aromatic rings. The molecule has 1 N–H and O–H groups in total. The van der Waals surface area contributed by atoms with Crippen LogP contribution in [-0.2, 0) is 4.74 Å². The van der Waals surface area contributed by atoms with E-state index in [4.69, 9.17) is 21.3 Å². The summed E-state index contributed by atoms with van der Waals surface area (Å²) in [4.78, 5) is 4.87. The lowest BCUT2D eigenvalue weighted by Gasteiger charge is -2.15. The van der Waals surface area contributed by atoms with Gasteiger partial charge in [0.1, 0.15) is 0 Å². The van der Waals surface area contributed by atoms with E-state index in [0.29, 0.717) is 23.3 Å². The summed E-state index contributed by atoms with van der Waals surface area (Å²) in [5.74, 6) is 1.37. The lowest BCUT2D eigenvalue weighted by atomic mass is 10.1. The van der Waals surface area contributed by atoms with E-state index in [1.54, 1.807) is 0 Å². The first-order chi connectivity index (χ1) is 13.7. The zero-order valence-electron chi connectivity index (χ0n) is 15.5. The largest absolute Gasteiger partial charge is 0.376 e. The molecule has 2 aromatic carbocycles. The molecule has 6 nitrogen and oxygen atoms in total. The molecule has 0 bridgehead atoms. The monoisotopic (exact) mass is 393 g/mol. The minimum atomic E-state index is 0.200. The quantitative estimate of drug-likeness (QED) is 0.553. The summed E-state index contributed by atoms with van der Waals surface area (Å²) in [6.07, 6.45) is 2.36. The summed E-state index contributed by atoms with van der Waals surface area (Å²) < 4.78 is 7.71. The molecule has 0 amide bonds. The number of hydrogen-bond donors (Lipinski definition) is 1. The van der Waals surface area contributed by atoms with Crippen molar-refractivity contribution in [2.75, 3.05) is 18.5 Å². The predicted molar refractivity (Wildman–Crippen MR) is 111 cm³/mol. The molecule has 0 saturated carbocycles. The average Bonchev–Trinajstić information content (AvgIpc) is 3.37. The number of halogens is 1. The Morgan fingerprint density at radius 3 is 2.93 bits per heavy atom. The molecule has 7 heteroatoms. The number of benzene rings is 2. The number of aromatic nitrogens is 4. The summed E-state index contributed by atoms with van der Waals surface area (Å²) >= 11 is 6.45. The van der Waals surface area contributed by atoms with E-state index in [2.05, 4.69) is 34.6 Å². The minimum Gasteiger partial charge on any atom is -0.376 e.